The number of nitrogens with one attached hydrogen (secondary N) is 2. The Morgan fingerprint density at radius 1 is 0.948 bits per heavy atom. The first-order valence-corrected chi connectivity index (χ1v) is 21.9. The Morgan fingerprint density at radius 2 is 1.71 bits per heavy atom. The van der Waals surface area contributed by atoms with Crippen LogP contribution in [0.1, 0.15) is 59.4 Å². The van der Waals surface area contributed by atoms with E-state index in [2.05, 4.69) is 47.9 Å². The lowest BCUT2D eigenvalue weighted by molar-refractivity contribution is -0.138. The van der Waals surface area contributed by atoms with Crippen molar-refractivity contribution in [1.82, 2.24) is 19.5 Å². The molecule has 304 valence electrons. The molecule has 12 nitrogen and oxygen atoms in total. The van der Waals surface area contributed by atoms with E-state index in [1.807, 2.05) is 44.2 Å². The van der Waals surface area contributed by atoms with E-state index in [9.17, 15) is 18.0 Å². The lowest BCUT2D eigenvalue weighted by Gasteiger charge is -2.43. The SMILES string of the molecule is CC(C)C(=O)N1Cc2ccccc2C[C@@H]1CN1CCN(c2ccc(C(=O)NS(=O)(=O)c3ccc(NCC4CCOCC4)cc3)c(Oc3cnc4c(c3)C=CC4)c2)CC1. The molecule has 4 aromatic rings. The minimum absolute atomic E-state index is 0.0156. The summed E-state index contributed by atoms with van der Waals surface area (Å²) >= 11 is 0. The summed E-state index contributed by atoms with van der Waals surface area (Å²) in [6.07, 6.45) is 9.22. The Labute approximate surface area is 341 Å². The van der Waals surface area contributed by atoms with Crippen LogP contribution in [0.25, 0.3) is 6.08 Å². The molecule has 1 aliphatic carbocycles. The number of benzene rings is 3. The fourth-order valence-corrected chi connectivity index (χ4v) is 9.26. The van der Waals surface area contributed by atoms with E-state index < -0.39 is 15.9 Å². The van der Waals surface area contributed by atoms with Crippen molar-refractivity contribution in [2.45, 2.75) is 57.0 Å². The van der Waals surface area contributed by atoms with Crippen molar-refractivity contribution < 1.29 is 27.5 Å². The standard InChI is InChI=1S/C45H52N6O6S/c1-31(2)45(53)51-29-35-7-4-3-6-33(35)24-38(51)30-49-18-20-50(21-19-49)37-12-15-41(43(26-37)57-39-25-34-8-5-9-42(34)47-28-39)44(52)48-58(54,55)40-13-10-36(11-14-40)46-27-32-16-22-56-23-17-32/h3-8,10-15,25-26,28,31-32,38,46H,9,16-24,27,29-30H2,1-2H3,(H,48,52)/t38-/m1/s1. The van der Waals surface area contributed by atoms with Crippen LogP contribution in [-0.4, -0.2) is 93.5 Å². The first kappa shape index (κ1) is 39.6. The summed E-state index contributed by atoms with van der Waals surface area (Å²) in [5, 5.41) is 3.39. The molecule has 13 heteroatoms. The van der Waals surface area contributed by atoms with Crippen molar-refractivity contribution in [3.8, 4) is 11.5 Å². The van der Waals surface area contributed by atoms with E-state index in [1.165, 1.54) is 23.3 Å². The van der Waals surface area contributed by atoms with Gasteiger partial charge in [0.2, 0.25) is 5.91 Å². The molecule has 1 aromatic heterocycles. The highest BCUT2D eigenvalue weighted by Crippen LogP contribution is 2.33. The molecule has 0 radical (unpaired) electrons. The van der Waals surface area contributed by atoms with E-state index in [-0.39, 0.29) is 34.1 Å². The Kier molecular flexibility index (Phi) is 11.8. The highest BCUT2D eigenvalue weighted by atomic mass is 32.2. The maximum Gasteiger partial charge on any atom is 0.268 e. The second-order valence-corrected chi connectivity index (χ2v) is 17.7. The number of aromatic nitrogens is 1. The summed E-state index contributed by atoms with van der Waals surface area (Å²) in [7, 11) is -4.20. The Hall–Kier alpha value is -5.24. The maximum atomic E-state index is 13.8. The number of anilines is 2. The monoisotopic (exact) mass is 804 g/mol. The van der Waals surface area contributed by atoms with Gasteiger partial charge in [0.15, 0.2) is 0 Å². The van der Waals surface area contributed by atoms with Gasteiger partial charge >= 0.3 is 0 Å². The van der Waals surface area contributed by atoms with E-state index in [1.54, 1.807) is 30.5 Å². The summed E-state index contributed by atoms with van der Waals surface area (Å²) in [5.74, 6) is 0.500. The molecule has 2 saturated heterocycles. The fourth-order valence-electron chi connectivity index (χ4n) is 8.29. The van der Waals surface area contributed by atoms with Gasteiger partial charge in [-0.25, -0.2) is 13.1 Å². The second-order valence-electron chi connectivity index (χ2n) is 16.0. The number of sulfonamides is 1. The molecule has 0 unspecified atom stereocenters. The smallest absolute Gasteiger partial charge is 0.268 e. The zero-order chi connectivity index (χ0) is 40.2. The molecule has 0 spiro atoms. The van der Waals surface area contributed by atoms with Gasteiger partial charge in [-0.15, -0.1) is 0 Å². The second kappa shape index (κ2) is 17.3. The van der Waals surface area contributed by atoms with Gasteiger partial charge in [-0.3, -0.25) is 19.5 Å². The third-order valence-corrected chi connectivity index (χ3v) is 13.0. The number of fused-ring (bicyclic) bond motifs is 2. The van der Waals surface area contributed by atoms with Gasteiger partial charge in [-0.2, -0.15) is 0 Å². The Bertz CT molecular complexity index is 2270. The number of carbonyl (C=O) groups is 2. The van der Waals surface area contributed by atoms with Crippen LogP contribution in [-0.2, 0) is 38.9 Å². The summed E-state index contributed by atoms with van der Waals surface area (Å²) < 4.78 is 41.1. The summed E-state index contributed by atoms with van der Waals surface area (Å²) in [6.45, 7) is 10.7. The molecule has 8 rings (SSSR count). The van der Waals surface area contributed by atoms with Gasteiger partial charge in [0.1, 0.15) is 11.5 Å². The minimum atomic E-state index is -4.20. The van der Waals surface area contributed by atoms with Crippen LogP contribution in [0.2, 0.25) is 0 Å². The third kappa shape index (κ3) is 9.06. The molecule has 0 saturated carbocycles. The van der Waals surface area contributed by atoms with Gasteiger partial charge in [-0.05, 0) is 84.3 Å². The van der Waals surface area contributed by atoms with Crippen molar-refractivity contribution in [2.24, 2.45) is 11.8 Å². The largest absolute Gasteiger partial charge is 0.455 e. The summed E-state index contributed by atoms with van der Waals surface area (Å²) in [6, 6.07) is 22.1. The number of hydrogen-bond donors (Lipinski definition) is 2. The zero-order valence-corrected chi connectivity index (χ0v) is 34.0. The number of piperazine rings is 1. The van der Waals surface area contributed by atoms with E-state index in [0.29, 0.717) is 18.2 Å². The predicted molar refractivity (Wildman–Crippen MR) is 225 cm³/mol. The maximum absolute atomic E-state index is 13.8. The van der Waals surface area contributed by atoms with Crippen LogP contribution in [0.3, 0.4) is 0 Å². The lowest BCUT2D eigenvalue weighted by atomic mass is 9.92. The molecule has 58 heavy (non-hydrogen) atoms. The topological polar surface area (TPSA) is 133 Å². The van der Waals surface area contributed by atoms with E-state index >= 15 is 0 Å². The first-order valence-electron chi connectivity index (χ1n) is 20.4. The van der Waals surface area contributed by atoms with Crippen molar-refractivity contribution in [3.63, 3.8) is 0 Å². The lowest BCUT2D eigenvalue weighted by Crippen LogP contribution is -2.55. The zero-order valence-electron chi connectivity index (χ0n) is 33.2. The van der Waals surface area contributed by atoms with Crippen molar-refractivity contribution in [1.29, 1.82) is 0 Å². The average Bonchev–Trinajstić information content (AvgIpc) is 3.71. The van der Waals surface area contributed by atoms with Crippen LogP contribution in [0, 0.1) is 11.8 Å². The molecule has 0 bridgehead atoms. The highest BCUT2D eigenvalue weighted by molar-refractivity contribution is 7.90. The molecule has 2 amide bonds. The molecule has 4 aliphatic rings. The van der Waals surface area contributed by atoms with Crippen LogP contribution in [0.15, 0.2) is 90.0 Å². The molecule has 1 atom stereocenters. The van der Waals surface area contributed by atoms with Gasteiger partial charge < -0.3 is 24.6 Å². The van der Waals surface area contributed by atoms with Gasteiger partial charge in [0.05, 0.1) is 22.3 Å². The molecular formula is C45H52N6O6S. The molecular weight excluding hydrogens is 753 g/mol. The number of rotatable bonds is 12. The van der Waals surface area contributed by atoms with Crippen LogP contribution >= 0.6 is 0 Å². The van der Waals surface area contributed by atoms with Gasteiger partial charge in [0, 0.05) is 94.8 Å². The molecule has 2 fully saturated rings. The van der Waals surface area contributed by atoms with Crippen LogP contribution in [0.5, 0.6) is 11.5 Å². The molecule has 3 aliphatic heterocycles. The first-order chi connectivity index (χ1) is 28.1. The molecule has 2 N–H and O–H groups in total. The quantitative estimate of drug-likeness (QED) is 0.172. The van der Waals surface area contributed by atoms with Crippen LogP contribution in [0.4, 0.5) is 11.4 Å². The Balaban J connectivity index is 0.963. The Morgan fingerprint density at radius 3 is 2.47 bits per heavy atom. The van der Waals surface area contributed by atoms with Gasteiger partial charge in [-0.1, -0.05) is 50.3 Å². The fraction of sp³-hybridized carbons (Fsp3) is 0.400. The number of nitrogens with zero attached hydrogens (tertiary/aromatic N) is 4. The highest BCUT2D eigenvalue weighted by Gasteiger charge is 2.33. The molecule has 3 aromatic carbocycles. The van der Waals surface area contributed by atoms with Crippen LogP contribution < -0.4 is 19.7 Å². The van der Waals surface area contributed by atoms with E-state index in [4.69, 9.17) is 9.47 Å². The number of pyridine rings is 1. The van der Waals surface area contributed by atoms with Crippen molar-refractivity contribution in [3.05, 3.63) is 113 Å². The number of hydrogen-bond acceptors (Lipinski definition) is 10. The number of amides is 2. The minimum Gasteiger partial charge on any atom is -0.455 e. The van der Waals surface area contributed by atoms with Crippen molar-refractivity contribution in [2.75, 3.05) is 62.7 Å². The predicted octanol–water partition coefficient (Wildman–Crippen LogP) is 6.13. The molecule has 4 heterocycles. The van der Waals surface area contributed by atoms with E-state index in [0.717, 1.165) is 101 Å². The summed E-state index contributed by atoms with van der Waals surface area (Å²) in [5.41, 5.74) is 6.18. The van der Waals surface area contributed by atoms with Gasteiger partial charge in [0.25, 0.3) is 15.9 Å². The number of carbonyl (C=O) groups excluding carboxylic acids is 2. The number of allylic oxidation sites excluding steroid dienone is 1. The third-order valence-electron chi connectivity index (χ3n) is 11.7. The summed E-state index contributed by atoms with van der Waals surface area (Å²) in [4.78, 5) is 38.4. The normalized spacial score (nSPS) is 18.5. The average molecular weight is 805 g/mol. The van der Waals surface area contributed by atoms with Crippen molar-refractivity contribution >= 4 is 39.3 Å². The number of ether oxygens (including phenoxy) is 2.